The Labute approximate surface area is 370 Å². The number of ether oxygens (including phenoxy) is 9. The number of nitrogens with zero attached hydrogens (tertiary/aromatic N) is 1. The quantitative estimate of drug-likeness (QED) is 0.0538. The van der Waals surface area contributed by atoms with Crippen LogP contribution in [0.2, 0.25) is 0 Å². The molecule has 0 bridgehead atoms. The zero-order valence-corrected chi connectivity index (χ0v) is 35.7. The zero-order valence-electron chi connectivity index (χ0n) is 33.4. The topological polar surface area (TPSA) is 216 Å². The van der Waals surface area contributed by atoms with Gasteiger partial charge >= 0.3 is 17.9 Å². The largest absolute Gasteiger partial charge is 0.463 e. The van der Waals surface area contributed by atoms with E-state index in [2.05, 4.69) is 0 Å². The number of carbonyl (C=O) groups excluding carboxylic acids is 5. The minimum Gasteiger partial charge on any atom is -0.463 e. The lowest BCUT2D eigenvalue weighted by atomic mass is 9.93. The van der Waals surface area contributed by atoms with Gasteiger partial charge in [0.2, 0.25) is 12.2 Å². The van der Waals surface area contributed by atoms with Crippen LogP contribution >= 0.6 is 34.8 Å². The van der Waals surface area contributed by atoms with Gasteiger partial charge in [-0.05, 0) is 23.3 Å². The van der Waals surface area contributed by atoms with E-state index in [1.807, 2.05) is 30.3 Å². The van der Waals surface area contributed by atoms with Gasteiger partial charge in [0.05, 0.1) is 30.9 Å². The molecule has 3 heterocycles. The number of alkyl halides is 3. The van der Waals surface area contributed by atoms with Crippen molar-refractivity contribution in [2.45, 2.75) is 99.1 Å². The standard InChI is InChI=1S/C42H43Cl3N2O15/c1-22(48)55-21-30-33(57-23(2)49)35(58-24(3)50)31(47-37(52)27-16-10-11-17-28(27)38(47)53)39(59-30)61-34-29(20-54-18-25-12-6-4-7-13-25)60-40(62-41(46)42(43,44)45)32(51)36(34)56-19-26-14-8-5-9-15-26/h4-17,29-36,39-40,46,51H,18-21H2,1-3H3/t29-,30-,31-,32-,33-,34-,35-,36-,39+,40+/m1/s1. The van der Waals surface area contributed by atoms with Gasteiger partial charge in [-0.1, -0.05) is 108 Å². The fourth-order valence-corrected chi connectivity index (χ4v) is 7.33. The molecule has 2 saturated heterocycles. The molecule has 3 aromatic carbocycles. The Balaban J connectivity index is 1.46. The van der Waals surface area contributed by atoms with E-state index < -0.39 is 107 Å². The summed E-state index contributed by atoms with van der Waals surface area (Å²) in [5, 5.41) is 20.2. The predicted molar refractivity (Wildman–Crippen MR) is 217 cm³/mol. The van der Waals surface area contributed by atoms with E-state index in [9.17, 15) is 29.1 Å². The summed E-state index contributed by atoms with van der Waals surface area (Å²) in [5.74, 6) is -5.09. The minimum atomic E-state index is -2.37. The number of hydrogen-bond donors (Lipinski definition) is 2. The van der Waals surface area contributed by atoms with Gasteiger partial charge in [-0.3, -0.25) is 34.3 Å². The molecule has 6 rings (SSSR count). The number of nitrogens with one attached hydrogen (secondary N) is 1. The lowest BCUT2D eigenvalue weighted by Crippen LogP contribution is -2.70. The summed E-state index contributed by atoms with van der Waals surface area (Å²) in [6.07, 6.45) is -14.4. The summed E-state index contributed by atoms with van der Waals surface area (Å²) in [7, 11) is 0. The van der Waals surface area contributed by atoms with Crippen molar-refractivity contribution in [1.29, 1.82) is 5.41 Å². The summed E-state index contributed by atoms with van der Waals surface area (Å²) in [6, 6.07) is 22.2. The molecule has 20 heteroatoms. The van der Waals surface area contributed by atoms with Crippen LogP contribution in [0.3, 0.4) is 0 Å². The van der Waals surface area contributed by atoms with Gasteiger partial charge in [-0.25, -0.2) is 0 Å². The van der Waals surface area contributed by atoms with E-state index >= 15 is 0 Å². The third kappa shape index (κ3) is 11.3. The molecular weight excluding hydrogens is 879 g/mol. The van der Waals surface area contributed by atoms with Gasteiger partial charge in [0, 0.05) is 20.8 Å². The highest BCUT2D eigenvalue weighted by Crippen LogP contribution is 2.39. The van der Waals surface area contributed by atoms with E-state index in [-0.39, 0.29) is 30.9 Å². The molecule has 0 aliphatic carbocycles. The minimum absolute atomic E-state index is 0.00738. The fraction of sp³-hybridized carbons (Fsp3) is 0.429. The van der Waals surface area contributed by atoms with Crippen LogP contribution in [0.25, 0.3) is 0 Å². The van der Waals surface area contributed by atoms with E-state index in [0.29, 0.717) is 5.56 Å². The number of carbonyl (C=O) groups is 5. The lowest BCUT2D eigenvalue weighted by Gasteiger charge is -2.50. The maximum Gasteiger partial charge on any atom is 0.303 e. The molecule has 62 heavy (non-hydrogen) atoms. The molecule has 2 amide bonds. The molecule has 2 N–H and O–H groups in total. The van der Waals surface area contributed by atoms with Gasteiger partial charge in [0.1, 0.15) is 43.2 Å². The van der Waals surface area contributed by atoms with Crippen LogP contribution in [-0.4, -0.2) is 124 Å². The number of aliphatic hydroxyl groups excluding tert-OH is 1. The molecule has 0 unspecified atom stereocenters. The first-order valence-corrected chi connectivity index (χ1v) is 20.4. The Hall–Kier alpha value is -4.69. The van der Waals surface area contributed by atoms with Crippen molar-refractivity contribution >= 4 is 70.4 Å². The van der Waals surface area contributed by atoms with Gasteiger partial charge in [0.25, 0.3) is 15.6 Å². The molecule has 0 aromatic heterocycles. The number of halogens is 3. The first kappa shape index (κ1) is 46.8. The Morgan fingerprint density at radius 3 is 1.74 bits per heavy atom. The molecule has 17 nitrogen and oxygen atoms in total. The number of amides is 2. The number of rotatable bonds is 15. The van der Waals surface area contributed by atoms with Crippen LogP contribution < -0.4 is 0 Å². The lowest BCUT2D eigenvalue weighted by molar-refractivity contribution is -0.350. The molecule has 3 aromatic rings. The first-order valence-electron chi connectivity index (χ1n) is 19.2. The molecule has 10 atom stereocenters. The third-order valence-electron chi connectivity index (χ3n) is 9.87. The van der Waals surface area contributed by atoms with Crippen LogP contribution in [0, 0.1) is 5.41 Å². The van der Waals surface area contributed by atoms with Crippen molar-refractivity contribution in [1.82, 2.24) is 4.90 Å². The van der Waals surface area contributed by atoms with E-state index in [1.165, 1.54) is 12.1 Å². The summed E-state index contributed by atoms with van der Waals surface area (Å²) in [4.78, 5) is 66.9. The van der Waals surface area contributed by atoms with Crippen molar-refractivity contribution in [2.24, 2.45) is 0 Å². The Morgan fingerprint density at radius 2 is 1.19 bits per heavy atom. The number of hydrogen-bond acceptors (Lipinski definition) is 16. The smallest absolute Gasteiger partial charge is 0.303 e. The molecule has 0 saturated carbocycles. The van der Waals surface area contributed by atoms with Crippen LogP contribution in [-0.2, 0) is 70.2 Å². The highest BCUT2D eigenvalue weighted by molar-refractivity contribution is 6.76. The second-order valence-corrected chi connectivity index (χ2v) is 16.6. The van der Waals surface area contributed by atoms with E-state index in [1.54, 1.807) is 42.5 Å². The molecule has 3 aliphatic rings. The summed E-state index contributed by atoms with van der Waals surface area (Å²) < 4.78 is 51.8. The van der Waals surface area contributed by atoms with E-state index in [4.69, 9.17) is 82.8 Å². The number of esters is 3. The summed E-state index contributed by atoms with van der Waals surface area (Å²) >= 11 is 17.8. The summed E-state index contributed by atoms with van der Waals surface area (Å²) in [6.45, 7) is 2.27. The van der Waals surface area contributed by atoms with Crippen molar-refractivity contribution in [3.63, 3.8) is 0 Å². The van der Waals surface area contributed by atoms with Crippen LogP contribution in [0.15, 0.2) is 84.9 Å². The fourth-order valence-electron chi connectivity index (χ4n) is 7.20. The van der Waals surface area contributed by atoms with E-state index in [0.717, 1.165) is 31.2 Å². The summed E-state index contributed by atoms with van der Waals surface area (Å²) in [5.41, 5.74) is 1.45. The van der Waals surface area contributed by atoms with Gasteiger partial charge < -0.3 is 47.7 Å². The molecule has 0 radical (unpaired) electrons. The van der Waals surface area contributed by atoms with Crippen molar-refractivity contribution < 1.29 is 71.7 Å². The molecule has 0 spiro atoms. The predicted octanol–water partition coefficient (Wildman–Crippen LogP) is 4.44. The second kappa shape index (κ2) is 20.7. The van der Waals surface area contributed by atoms with Crippen LogP contribution in [0.1, 0.15) is 52.6 Å². The monoisotopic (exact) mass is 920 g/mol. The molecule has 332 valence electrons. The number of aliphatic hydroxyl groups is 1. The molecular formula is C42H43Cl3N2O15. The number of benzene rings is 3. The van der Waals surface area contributed by atoms with Crippen molar-refractivity contribution in [3.05, 3.63) is 107 Å². The van der Waals surface area contributed by atoms with Crippen LogP contribution in [0.5, 0.6) is 0 Å². The Morgan fingerprint density at radius 1 is 0.677 bits per heavy atom. The zero-order chi connectivity index (χ0) is 44.7. The molecule has 2 fully saturated rings. The van der Waals surface area contributed by atoms with Crippen molar-refractivity contribution in [2.75, 3.05) is 13.2 Å². The SMILES string of the molecule is CC(=O)OC[C@H]1O[C@@H](O[C@H]2[C@H](OCc3ccccc3)[C@@H](O)[C@H](OC(=N)C(Cl)(Cl)Cl)O[C@@H]2COCc2ccccc2)[C@H](N2C(=O)c3ccccc3C2=O)[C@@H](OC(C)=O)[C@@H]1OC(C)=O. The normalized spacial score (nSPS) is 27.2. The highest BCUT2D eigenvalue weighted by Gasteiger charge is 2.59. The molecule has 3 aliphatic heterocycles. The Kier molecular flexibility index (Phi) is 15.6. The first-order chi connectivity index (χ1) is 29.5. The number of imide groups is 1. The average Bonchev–Trinajstić information content (AvgIpc) is 3.47. The average molecular weight is 922 g/mol. The second-order valence-electron chi connectivity index (χ2n) is 14.4. The number of fused-ring (bicyclic) bond motifs is 1. The van der Waals surface area contributed by atoms with Crippen LogP contribution in [0.4, 0.5) is 0 Å². The maximum absolute atomic E-state index is 14.2. The van der Waals surface area contributed by atoms with Gasteiger partial charge in [0.15, 0.2) is 18.5 Å². The van der Waals surface area contributed by atoms with Crippen molar-refractivity contribution in [3.8, 4) is 0 Å². The maximum atomic E-state index is 14.2. The van der Waals surface area contributed by atoms with Gasteiger partial charge in [-0.15, -0.1) is 0 Å². The Bertz CT molecular complexity index is 2060. The highest BCUT2D eigenvalue weighted by atomic mass is 35.6. The van der Waals surface area contributed by atoms with Gasteiger partial charge in [-0.2, -0.15) is 0 Å². The third-order valence-corrected chi connectivity index (χ3v) is 10.4.